The van der Waals surface area contributed by atoms with Crippen molar-refractivity contribution < 1.29 is 0 Å². The quantitative estimate of drug-likeness (QED) is 0.836. The van der Waals surface area contributed by atoms with Gasteiger partial charge >= 0.3 is 0 Å². The monoisotopic (exact) mass is 217 g/mol. The van der Waals surface area contributed by atoms with E-state index < -0.39 is 0 Å². The number of aryl methyl sites for hydroxylation is 2. The molecule has 0 aliphatic heterocycles. The van der Waals surface area contributed by atoms with Crippen molar-refractivity contribution in [3.63, 3.8) is 0 Å². The molecule has 4 heteroatoms. The van der Waals surface area contributed by atoms with Crippen molar-refractivity contribution in [1.29, 1.82) is 0 Å². The zero-order chi connectivity index (χ0) is 11.5. The molecule has 0 radical (unpaired) electrons. The van der Waals surface area contributed by atoms with Gasteiger partial charge in [0.05, 0.1) is 11.0 Å². The van der Waals surface area contributed by atoms with Crippen LogP contribution in [0.1, 0.15) is 12.1 Å². The van der Waals surface area contributed by atoms with E-state index in [0.717, 1.165) is 17.5 Å². The number of nitrogens with zero attached hydrogens (tertiary/aromatic N) is 2. The maximum Gasteiger partial charge on any atom is 0.272 e. The average Bonchev–Trinajstić information content (AvgIpc) is 2.30. The molecule has 0 saturated heterocycles. The highest BCUT2D eigenvalue weighted by Crippen LogP contribution is 2.09. The van der Waals surface area contributed by atoms with Gasteiger partial charge in [0.25, 0.3) is 5.56 Å². The third kappa shape index (κ3) is 1.84. The number of hydrogen-bond donors (Lipinski definition) is 1. The predicted octanol–water partition coefficient (Wildman–Crippen LogP) is 1.05. The first-order valence-electron chi connectivity index (χ1n) is 5.40. The van der Waals surface area contributed by atoms with Crippen LogP contribution >= 0.6 is 0 Å². The average molecular weight is 217 g/mol. The molecule has 0 aliphatic rings. The van der Waals surface area contributed by atoms with Crippen LogP contribution in [0.2, 0.25) is 0 Å². The minimum absolute atomic E-state index is 0.0212. The molecule has 1 aromatic carbocycles. The fourth-order valence-electron chi connectivity index (χ4n) is 1.79. The Morgan fingerprint density at radius 2 is 2.12 bits per heavy atom. The molecular weight excluding hydrogens is 202 g/mol. The second-order valence-electron chi connectivity index (χ2n) is 3.78. The van der Waals surface area contributed by atoms with Gasteiger partial charge in [-0.15, -0.1) is 0 Å². The summed E-state index contributed by atoms with van der Waals surface area (Å²) in [4.78, 5) is 16.2. The van der Waals surface area contributed by atoms with E-state index in [1.807, 2.05) is 24.3 Å². The van der Waals surface area contributed by atoms with Crippen molar-refractivity contribution in [3.8, 4) is 0 Å². The fourth-order valence-corrected chi connectivity index (χ4v) is 1.79. The molecule has 2 aromatic rings. The summed E-state index contributed by atoms with van der Waals surface area (Å²) in [6.07, 6.45) is 0.799. The van der Waals surface area contributed by atoms with Gasteiger partial charge in [-0.25, -0.2) is 4.98 Å². The molecule has 0 saturated carbocycles. The van der Waals surface area contributed by atoms with E-state index in [1.54, 1.807) is 11.5 Å². The minimum atomic E-state index is -0.0212. The number of nitrogens with two attached hydrogens (primary N) is 1. The number of benzene rings is 1. The standard InChI is InChI=1S/C12H15N3O/c1-9-12(16)15(8-4-7-13)11-6-3-2-5-10(11)14-9/h2-3,5-6H,4,7-8,13H2,1H3. The zero-order valence-corrected chi connectivity index (χ0v) is 9.31. The van der Waals surface area contributed by atoms with E-state index in [2.05, 4.69) is 4.98 Å². The van der Waals surface area contributed by atoms with Crippen molar-refractivity contribution in [2.45, 2.75) is 19.9 Å². The SMILES string of the molecule is Cc1nc2ccccc2n(CCCN)c1=O. The highest BCUT2D eigenvalue weighted by atomic mass is 16.1. The van der Waals surface area contributed by atoms with Crippen molar-refractivity contribution in [1.82, 2.24) is 9.55 Å². The van der Waals surface area contributed by atoms with Crippen LogP contribution in [0.3, 0.4) is 0 Å². The molecule has 0 fully saturated rings. The lowest BCUT2D eigenvalue weighted by atomic mass is 10.2. The Morgan fingerprint density at radius 3 is 2.88 bits per heavy atom. The van der Waals surface area contributed by atoms with Gasteiger partial charge in [0.1, 0.15) is 5.69 Å². The second kappa shape index (κ2) is 4.45. The van der Waals surface area contributed by atoms with Crippen LogP contribution in [0.5, 0.6) is 0 Å². The summed E-state index contributed by atoms with van der Waals surface area (Å²) in [6, 6.07) is 7.67. The van der Waals surface area contributed by atoms with Crippen molar-refractivity contribution in [2.24, 2.45) is 5.73 Å². The normalized spacial score (nSPS) is 10.9. The molecule has 0 aliphatic carbocycles. The molecular formula is C12H15N3O. The van der Waals surface area contributed by atoms with Crippen molar-refractivity contribution in [2.75, 3.05) is 6.54 Å². The maximum absolute atomic E-state index is 11.9. The van der Waals surface area contributed by atoms with Gasteiger partial charge in [-0.05, 0) is 32.0 Å². The molecule has 84 valence electrons. The van der Waals surface area contributed by atoms with Crippen LogP contribution in [0.4, 0.5) is 0 Å². The molecule has 0 spiro atoms. The first-order valence-corrected chi connectivity index (χ1v) is 5.40. The molecule has 2 N–H and O–H groups in total. The number of aromatic nitrogens is 2. The maximum atomic E-state index is 11.9. The molecule has 1 aromatic heterocycles. The fraction of sp³-hybridized carbons (Fsp3) is 0.333. The molecule has 2 rings (SSSR count). The van der Waals surface area contributed by atoms with Gasteiger partial charge < -0.3 is 10.3 Å². The number of hydrogen-bond acceptors (Lipinski definition) is 3. The first kappa shape index (κ1) is 10.8. The number of para-hydroxylation sites is 2. The Kier molecular flexibility index (Phi) is 3.01. The number of fused-ring (bicyclic) bond motifs is 1. The largest absolute Gasteiger partial charge is 0.330 e. The van der Waals surface area contributed by atoms with Gasteiger partial charge in [0.2, 0.25) is 0 Å². The third-order valence-electron chi connectivity index (χ3n) is 2.60. The molecule has 4 nitrogen and oxygen atoms in total. The van der Waals surface area contributed by atoms with Crippen LogP contribution in [-0.4, -0.2) is 16.1 Å². The van der Waals surface area contributed by atoms with Crippen LogP contribution in [-0.2, 0) is 6.54 Å². The Balaban J connectivity index is 2.66. The van der Waals surface area contributed by atoms with Gasteiger partial charge in [0.15, 0.2) is 0 Å². The van der Waals surface area contributed by atoms with Crippen LogP contribution in [0.25, 0.3) is 11.0 Å². The van der Waals surface area contributed by atoms with Gasteiger partial charge in [-0.3, -0.25) is 4.79 Å². The van der Waals surface area contributed by atoms with Crippen LogP contribution in [0.15, 0.2) is 29.1 Å². The number of rotatable bonds is 3. The van der Waals surface area contributed by atoms with E-state index in [-0.39, 0.29) is 5.56 Å². The van der Waals surface area contributed by atoms with Gasteiger partial charge in [-0.1, -0.05) is 12.1 Å². The summed E-state index contributed by atoms with van der Waals surface area (Å²) in [6.45, 7) is 2.98. The summed E-state index contributed by atoms with van der Waals surface area (Å²) in [5.41, 5.74) is 7.73. The zero-order valence-electron chi connectivity index (χ0n) is 9.31. The predicted molar refractivity (Wildman–Crippen MR) is 64.4 cm³/mol. The third-order valence-corrected chi connectivity index (χ3v) is 2.60. The molecule has 16 heavy (non-hydrogen) atoms. The summed E-state index contributed by atoms with van der Waals surface area (Å²) < 4.78 is 1.75. The lowest BCUT2D eigenvalue weighted by molar-refractivity contribution is 0.643. The van der Waals surface area contributed by atoms with E-state index in [1.165, 1.54) is 0 Å². The van der Waals surface area contributed by atoms with E-state index in [4.69, 9.17) is 5.73 Å². The van der Waals surface area contributed by atoms with Crippen molar-refractivity contribution >= 4 is 11.0 Å². The smallest absolute Gasteiger partial charge is 0.272 e. The Hall–Kier alpha value is -1.68. The van der Waals surface area contributed by atoms with E-state index in [0.29, 0.717) is 18.8 Å². The molecule has 0 atom stereocenters. The second-order valence-corrected chi connectivity index (χ2v) is 3.78. The van der Waals surface area contributed by atoms with Crippen molar-refractivity contribution in [3.05, 3.63) is 40.3 Å². The molecule has 1 heterocycles. The topological polar surface area (TPSA) is 60.9 Å². The van der Waals surface area contributed by atoms with Crippen LogP contribution in [0, 0.1) is 6.92 Å². The molecule has 0 unspecified atom stereocenters. The minimum Gasteiger partial charge on any atom is -0.330 e. The Bertz CT molecular complexity index is 560. The highest BCUT2D eigenvalue weighted by Gasteiger charge is 2.06. The van der Waals surface area contributed by atoms with Gasteiger partial charge in [-0.2, -0.15) is 0 Å². The Labute approximate surface area is 93.7 Å². The van der Waals surface area contributed by atoms with E-state index in [9.17, 15) is 4.79 Å². The summed E-state index contributed by atoms with van der Waals surface area (Å²) >= 11 is 0. The summed E-state index contributed by atoms with van der Waals surface area (Å²) in [5.74, 6) is 0. The highest BCUT2D eigenvalue weighted by molar-refractivity contribution is 5.74. The van der Waals surface area contributed by atoms with E-state index >= 15 is 0 Å². The molecule has 0 bridgehead atoms. The first-order chi connectivity index (χ1) is 7.74. The molecule has 0 amide bonds. The van der Waals surface area contributed by atoms with Gasteiger partial charge in [0, 0.05) is 6.54 Å². The lowest BCUT2D eigenvalue weighted by Crippen LogP contribution is -2.25. The Morgan fingerprint density at radius 1 is 1.38 bits per heavy atom. The van der Waals surface area contributed by atoms with Crippen LogP contribution < -0.4 is 11.3 Å². The summed E-state index contributed by atoms with van der Waals surface area (Å²) in [5, 5.41) is 0. The summed E-state index contributed by atoms with van der Waals surface area (Å²) in [7, 11) is 0. The lowest BCUT2D eigenvalue weighted by Gasteiger charge is -2.09.